The number of likely N-dealkylation sites (tertiary alicyclic amines) is 1. The minimum atomic E-state index is -3.26. The smallest absolute Gasteiger partial charge is 0.251 e. The zero-order valence-corrected chi connectivity index (χ0v) is 21.1. The summed E-state index contributed by atoms with van der Waals surface area (Å²) in [5.41, 5.74) is 3.41. The minimum absolute atomic E-state index is 0.0210. The second kappa shape index (κ2) is 10.8. The highest BCUT2D eigenvalue weighted by Crippen LogP contribution is 2.36. The molecule has 4 rings (SSSR count). The van der Waals surface area contributed by atoms with Gasteiger partial charge < -0.3 is 10.6 Å². The van der Waals surface area contributed by atoms with E-state index in [-0.39, 0.29) is 24.4 Å². The van der Waals surface area contributed by atoms with Crippen LogP contribution < -0.4 is 15.4 Å². The second-order valence-electron chi connectivity index (χ2n) is 9.77. The molecule has 0 unspecified atom stereocenters. The van der Waals surface area contributed by atoms with E-state index in [1.165, 1.54) is 5.56 Å². The molecule has 8 nitrogen and oxygen atoms in total. The van der Waals surface area contributed by atoms with Crippen molar-refractivity contribution in [3.63, 3.8) is 0 Å². The molecule has 1 aliphatic heterocycles. The van der Waals surface area contributed by atoms with Crippen LogP contribution in [0.5, 0.6) is 0 Å². The van der Waals surface area contributed by atoms with E-state index >= 15 is 0 Å². The van der Waals surface area contributed by atoms with E-state index in [0.29, 0.717) is 23.2 Å². The largest absolute Gasteiger partial charge is 0.349 e. The third-order valence-electron chi connectivity index (χ3n) is 6.86. The number of amides is 2. The summed E-state index contributed by atoms with van der Waals surface area (Å²) in [4.78, 5) is 26.9. The van der Waals surface area contributed by atoms with Gasteiger partial charge in [-0.15, -0.1) is 0 Å². The number of anilines is 1. The number of carbonyl (C=O) groups excluding carboxylic acids is 2. The second-order valence-corrected chi connectivity index (χ2v) is 11.5. The highest BCUT2D eigenvalue weighted by atomic mass is 32.2. The highest BCUT2D eigenvalue weighted by molar-refractivity contribution is 7.92. The van der Waals surface area contributed by atoms with E-state index in [4.69, 9.17) is 0 Å². The molecule has 2 aliphatic rings. The zero-order valence-electron chi connectivity index (χ0n) is 20.3. The maximum absolute atomic E-state index is 12.3. The van der Waals surface area contributed by atoms with Gasteiger partial charge in [0.15, 0.2) is 0 Å². The van der Waals surface area contributed by atoms with Gasteiger partial charge in [0.05, 0.1) is 18.8 Å². The number of benzene rings is 2. The van der Waals surface area contributed by atoms with Crippen LogP contribution in [0.4, 0.5) is 5.69 Å². The Bertz CT molecular complexity index is 1150. The summed E-state index contributed by atoms with van der Waals surface area (Å²) in [6, 6.07) is 15.7. The van der Waals surface area contributed by atoms with E-state index in [1.54, 1.807) is 12.1 Å². The summed E-state index contributed by atoms with van der Waals surface area (Å²) in [5.74, 6) is 0.0950. The Labute approximate surface area is 207 Å². The Morgan fingerprint density at radius 2 is 1.69 bits per heavy atom. The average molecular weight is 499 g/mol. The normalized spacial score (nSPS) is 21.1. The van der Waals surface area contributed by atoms with Crippen LogP contribution >= 0.6 is 0 Å². The van der Waals surface area contributed by atoms with Crippen molar-refractivity contribution < 1.29 is 18.0 Å². The Kier molecular flexibility index (Phi) is 7.76. The first kappa shape index (κ1) is 25.2. The maximum Gasteiger partial charge on any atom is 0.251 e. The Morgan fingerprint density at radius 3 is 2.31 bits per heavy atom. The van der Waals surface area contributed by atoms with Crippen molar-refractivity contribution in [2.45, 2.75) is 50.6 Å². The lowest BCUT2D eigenvalue weighted by Gasteiger charge is -2.46. The van der Waals surface area contributed by atoms with Gasteiger partial charge in [-0.05, 0) is 68.4 Å². The molecule has 0 atom stereocenters. The topological polar surface area (TPSA) is 108 Å². The van der Waals surface area contributed by atoms with Gasteiger partial charge in [0.25, 0.3) is 5.91 Å². The molecule has 2 amide bonds. The van der Waals surface area contributed by atoms with E-state index in [1.807, 2.05) is 43.3 Å². The number of rotatable bonds is 8. The maximum atomic E-state index is 12.3. The number of hydrogen-bond donors (Lipinski definition) is 3. The molecule has 0 bridgehead atoms. The summed E-state index contributed by atoms with van der Waals surface area (Å²) < 4.78 is 25.2. The lowest BCUT2D eigenvalue weighted by molar-refractivity contribution is -0.122. The molecule has 35 heavy (non-hydrogen) atoms. The predicted molar refractivity (Wildman–Crippen MR) is 137 cm³/mol. The van der Waals surface area contributed by atoms with Crippen LogP contribution in [0.2, 0.25) is 0 Å². The first-order chi connectivity index (χ1) is 16.7. The fourth-order valence-corrected chi connectivity index (χ4v) is 5.61. The van der Waals surface area contributed by atoms with Gasteiger partial charge in [-0.1, -0.05) is 29.8 Å². The van der Waals surface area contributed by atoms with Gasteiger partial charge in [-0.3, -0.25) is 19.2 Å². The fraction of sp³-hybridized carbons (Fsp3) is 0.462. The zero-order chi connectivity index (χ0) is 25.0. The number of nitrogens with one attached hydrogen (secondary N) is 3. The Morgan fingerprint density at radius 1 is 1.00 bits per heavy atom. The van der Waals surface area contributed by atoms with Crippen LogP contribution in [0.25, 0.3) is 0 Å². The molecule has 1 aliphatic carbocycles. The van der Waals surface area contributed by atoms with E-state index in [0.717, 1.165) is 50.6 Å². The van der Waals surface area contributed by atoms with Gasteiger partial charge >= 0.3 is 0 Å². The molecule has 3 N–H and O–H groups in total. The van der Waals surface area contributed by atoms with E-state index in [2.05, 4.69) is 20.3 Å². The van der Waals surface area contributed by atoms with Gasteiger partial charge in [0.1, 0.15) is 0 Å². The van der Waals surface area contributed by atoms with Crippen molar-refractivity contribution in [2.24, 2.45) is 0 Å². The van der Waals surface area contributed by atoms with Crippen molar-refractivity contribution >= 4 is 27.5 Å². The molecule has 2 aromatic rings. The van der Waals surface area contributed by atoms with Crippen molar-refractivity contribution in [3.05, 3.63) is 65.2 Å². The number of nitrogens with zero attached hydrogens (tertiary/aromatic N) is 1. The molecule has 1 heterocycles. The monoisotopic (exact) mass is 498 g/mol. The predicted octanol–water partition coefficient (Wildman–Crippen LogP) is 2.62. The molecule has 0 aromatic heterocycles. The van der Waals surface area contributed by atoms with E-state index in [9.17, 15) is 18.0 Å². The number of carbonyl (C=O) groups is 2. The van der Waals surface area contributed by atoms with Crippen molar-refractivity contribution in [1.29, 1.82) is 0 Å². The summed E-state index contributed by atoms with van der Waals surface area (Å²) >= 11 is 0. The first-order valence-electron chi connectivity index (χ1n) is 12.1. The molecule has 0 radical (unpaired) electrons. The van der Waals surface area contributed by atoms with Crippen LogP contribution in [0.1, 0.15) is 53.1 Å². The summed E-state index contributed by atoms with van der Waals surface area (Å²) in [6.07, 6.45) is 5.57. The molecule has 9 heteroatoms. The number of hydrogen-bond acceptors (Lipinski definition) is 5. The van der Waals surface area contributed by atoms with Crippen LogP contribution in [0.3, 0.4) is 0 Å². The van der Waals surface area contributed by atoms with Crippen LogP contribution in [-0.2, 0) is 14.8 Å². The lowest BCUT2D eigenvalue weighted by atomic mass is 9.80. The van der Waals surface area contributed by atoms with Gasteiger partial charge in [-0.25, -0.2) is 8.42 Å². The molecule has 2 fully saturated rings. The standard InChI is InChI=1S/C26H34N4O4S/c1-18-4-3-5-21(14-18)26(32)27-15-25(31)28-23-16-30(17-23)24-12-8-20(9-13-24)19-6-10-22(11-7-19)29-35(2,33)34/h3-7,10-11,14,20,23-24,29H,8-9,12-13,15-17H2,1-2H3,(H,27,32)(H,28,31). The third kappa shape index (κ3) is 7.05. The minimum Gasteiger partial charge on any atom is -0.349 e. The molecule has 0 spiro atoms. The van der Waals surface area contributed by atoms with Gasteiger partial charge in [0.2, 0.25) is 15.9 Å². The van der Waals surface area contributed by atoms with Gasteiger partial charge in [0, 0.05) is 30.4 Å². The fourth-order valence-electron chi connectivity index (χ4n) is 5.04. The molecule has 1 saturated heterocycles. The Hall–Kier alpha value is -2.91. The van der Waals surface area contributed by atoms with Crippen molar-refractivity contribution in [1.82, 2.24) is 15.5 Å². The average Bonchev–Trinajstić information content (AvgIpc) is 2.79. The number of aryl methyl sites for hydroxylation is 1. The lowest BCUT2D eigenvalue weighted by Crippen LogP contribution is -2.63. The summed E-state index contributed by atoms with van der Waals surface area (Å²) in [5, 5.41) is 5.71. The van der Waals surface area contributed by atoms with Crippen LogP contribution in [0, 0.1) is 6.92 Å². The quantitative estimate of drug-likeness (QED) is 0.519. The van der Waals surface area contributed by atoms with Crippen LogP contribution in [0.15, 0.2) is 48.5 Å². The highest BCUT2D eigenvalue weighted by Gasteiger charge is 2.35. The van der Waals surface area contributed by atoms with Crippen molar-refractivity contribution in [3.8, 4) is 0 Å². The molecule has 2 aromatic carbocycles. The van der Waals surface area contributed by atoms with Gasteiger partial charge in [-0.2, -0.15) is 0 Å². The van der Waals surface area contributed by atoms with Crippen molar-refractivity contribution in [2.75, 3.05) is 30.6 Å². The first-order valence-corrected chi connectivity index (χ1v) is 14.0. The molecule has 1 saturated carbocycles. The van der Waals surface area contributed by atoms with Crippen LogP contribution in [-0.4, -0.2) is 63.1 Å². The van der Waals surface area contributed by atoms with E-state index < -0.39 is 10.0 Å². The summed E-state index contributed by atoms with van der Waals surface area (Å²) in [6.45, 7) is 3.60. The molecular weight excluding hydrogens is 464 g/mol. The molecular formula is C26H34N4O4S. The summed E-state index contributed by atoms with van der Waals surface area (Å²) in [7, 11) is -3.26. The SMILES string of the molecule is Cc1cccc(C(=O)NCC(=O)NC2CN(C3CCC(c4ccc(NS(C)(=O)=O)cc4)CC3)C2)c1. The third-order valence-corrected chi connectivity index (χ3v) is 7.47. The number of sulfonamides is 1. The molecule has 188 valence electrons. The Balaban J connectivity index is 1.15.